The number of hydrogen-bond acceptors (Lipinski definition) is 6. The van der Waals surface area contributed by atoms with E-state index in [4.69, 9.17) is 4.74 Å². The number of methoxy groups -OCH3 is 1. The van der Waals surface area contributed by atoms with E-state index in [1.54, 1.807) is 15.4 Å². The standard InChI is InChI=1S/C30H37N5O3/c1-6-34-27(33-35(29(34)37)19-22-12-16-24(17-13-22)30(2,3)4)9-7-8-21-10-14-23(15-11-21)28-31-18-26(38-5)25(20-36)32-28/h10-18,36H,6-9,19-20H2,1-5H3. The van der Waals surface area contributed by atoms with Crippen LogP contribution in [0.25, 0.3) is 11.4 Å². The normalized spacial score (nSPS) is 11.6. The fourth-order valence-corrected chi connectivity index (χ4v) is 4.47. The van der Waals surface area contributed by atoms with Crippen LogP contribution >= 0.6 is 0 Å². The van der Waals surface area contributed by atoms with Crippen molar-refractivity contribution in [3.8, 4) is 17.1 Å². The summed E-state index contributed by atoms with van der Waals surface area (Å²) in [7, 11) is 1.53. The molecule has 4 rings (SSSR count). The van der Waals surface area contributed by atoms with Gasteiger partial charge in [-0.15, -0.1) is 0 Å². The Labute approximate surface area is 224 Å². The predicted octanol–water partition coefficient (Wildman–Crippen LogP) is 4.54. The van der Waals surface area contributed by atoms with Gasteiger partial charge in [0, 0.05) is 18.5 Å². The number of rotatable bonds is 10. The molecule has 38 heavy (non-hydrogen) atoms. The third kappa shape index (κ3) is 6.19. The maximum absolute atomic E-state index is 13.0. The zero-order chi connectivity index (χ0) is 27.3. The second-order valence-corrected chi connectivity index (χ2v) is 10.5. The van der Waals surface area contributed by atoms with Gasteiger partial charge in [0.2, 0.25) is 0 Å². The Morgan fingerprint density at radius 3 is 2.26 bits per heavy atom. The van der Waals surface area contributed by atoms with Gasteiger partial charge in [0.05, 0.1) is 26.5 Å². The summed E-state index contributed by atoms with van der Waals surface area (Å²) < 4.78 is 8.53. The van der Waals surface area contributed by atoms with Crippen molar-refractivity contribution < 1.29 is 9.84 Å². The molecule has 1 N–H and O–H groups in total. The monoisotopic (exact) mass is 515 g/mol. The lowest BCUT2D eigenvalue weighted by Crippen LogP contribution is -2.25. The molecule has 0 saturated carbocycles. The van der Waals surface area contributed by atoms with E-state index in [1.165, 1.54) is 18.2 Å². The van der Waals surface area contributed by atoms with Crippen LogP contribution in [-0.2, 0) is 38.0 Å². The minimum absolute atomic E-state index is 0.0616. The smallest absolute Gasteiger partial charge is 0.346 e. The number of ether oxygens (including phenoxy) is 1. The molecule has 2 heterocycles. The summed E-state index contributed by atoms with van der Waals surface area (Å²) in [5, 5.41) is 14.2. The second kappa shape index (κ2) is 11.7. The fraction of sp³-hybridized carbons (Fsp3) is 0.400. The fourth-order valence-electron chi connectivity index (χ4n) is 4.47. The van der Waals surface area contributed by atoms with Crippen LogP contribution in [0.4, 0.5) is 0 Å². The summed E-state index contributed by atoms with van der Waals surface area (Å²) in [6.07, 6.45) is 4.05. The first kappa shape index (κ1) is 27.3. The van der Waals surface area contributed by atoms with Crippen molar-refractivity contribution in [2.45, 2.75) is 72.1 Å². The van der Waals surface area contributed by atoms with Gasteiger partial charge in [-0.1, -0.05) is 69.3 Å². The van der Waals surface area contributed by atoms with Crippen molar-refractivity contribution in [2.75, 3.05) is 7.11 Å². The first-order valence-corrected chi connectivity index (χ1v) is 13.1. The minimum Gasteiger partial charge on any atom is -0.493 e. The van der Waals surface area contributed by atoms with Crippen molar-refractivity contribution in [3.63, 3.8) is 0 Å². The highest BCUT2D eigenvalue weighted by Gasteiger charge is 2.15. The molecule has 0 saturated heterocycles. The molecule has 200 valence electrons. The molecule has 2 aromatic heterocycles. The summed E-state index contributed by atoms with van der Waals surface area (Å²) in [5.74, 6) is 1.84. The largest absolute Gasteiger partial charge is 0.493 e. The number of aryl methyl sites for hydroxylation is 2. The van der Waals surface area contributed by atoms with Crippen LogP contribution in [0.1, 0.15) is 62.3 Å². The number of aliphatic hydroxyl groups excluding tert-OH is 1. The van der Waals surface area contributed by atoms with Crippen LogP contribution in [0.2, 0.25) is 0 Å². The van der Waals surface area contributed by atoms with Crippen LogP contribution in [0, 0.1) is 0 Å². The summed E-state index contributed by atoms with van der Waals surface area (Å²) in [6, 6.07) is 16.5. The zero-order valence-corrected chi connectivity index (χ0v) is 22.9. The molecule has 0 bridgehead atoms. The summed E-state index contributed by atoms with van der Waals surface area (Å²) in [6.45, 7) is 9.42. The van der Waals surface area contributed by atoms with Gasteiger partial charge >= 0.3 is 5.69 Å². The van der Waals surface area contributed by atoms with Gasteiger partial charge in [-0.05, 0) is 41.9 Å². The minimum atomic E-state index is -0.209. The SMILES string of the molecule is CCn1c(CCCc2ccc(-c3ncc(OC)c(CO)n3)cc2)nn(Cc2ccc(C(C)(C)C)cc2)c1=O. The van der Waals surface area contributed by atoms with Gasteiger partial charge in [0.15, 0.2) is 11.6 Å². The van der Waals surface area contributed by atoms with Gasteiger partial charge < -0.3 is 9.84 Å². The molecule has 0 aliphatic carbocycles. The lowest BCUT2D eigenvalue weighted by molar-refractivity contribution is 0.267. The molecule has 0 unspecified atom stereocenters. The predicted molar refractivity (Wildman–Crippen MR) is 148 cm³/mol. The van der Waals surface area contributed by atoms with Gasteiger partial charge in [-0.3, -0.25) is 4.57 Å². The molecule has 2 aromatic carbocycles. The molecule has 0 radical (unpaired) electrons. The van der Waals surface area contributed by atoms with Gasteiger partial charge in [-0.25, -0.2) is 19.4 Å². The number of nitrogens with zero attached hydrogens (tertiary/aromatic N) is 5. The number of aliphatic hydroxyl groups is 1. The van der Waals surface area contributed by atoms with Crippen molar-refractivity contribution >= 4 is 0 Å². The Hall–Kier alpha value is -3.78. The van der Waals surface area contributed by atoms with Crippen LogP contribution in [-0.4, -0.2) is 36.5 Å². The molecule has 0 atom stereocenters. The molecule has 4 aromatic rings. The van der Waals surface area contributed by atoms with E-state index < -0.39 is 0 Å². The molecule has 0 fully saturated rings. The summed E-state index contributed by atoms with van der Waals surface area (Å²) in [5.41, 5.74) is 4.90. The van der Waals surface area contributed by atoms with Crippen LogP contribution in [0.3, 0.4) is 0 Å². The van der Waals surface area contributed by atoms with Crippen LogP contribution < -0.4 is 10.4 Å². The molecule has 8 heteroatoms. The highest BCUT2D eigenvalue weighted by Crippen LogP contribution is 2.23. The Morgan fingerprint density at radius 1 is 0.974 bits per heavy atom. The third-order valence-electron chi connectivity index (χ3n) is 6.74. The number of hydrogen-bond donors (Lipinski definition) is 1. The molecule has 8 nitrogen and oxygen atoms in total. The molecule has 0 aliphatic heterocycles. The van der Waals surface area contributed by atoms with Gasteiger partial charge in [0.1, 0.15) is 11.5 Å². The summed E-state index contributed by atoms with van der Waals surface area (Å²) >= 11 is 0. The molecular weight excluding hydrogens is 478 g/mol. The van der Waals surface area contributed by atoms with E-state index in [-0.39, 0.29) is 17.7 Å². The molecule has 0 aliphatic rings. The van der Waals surface area contributed by atoms with Crippen molar-refractivity contribution in [3.05, 3.63) is 93.4 Å². The topological polar surface area (TPSA) is 95.1 Å². The number of benzene rings is 2. The zero-order valence-electron chi connectivity index (χ0n) is 22.9. The average molecular weight is 516 g/mol. The van der Waals surface area contributed by atoms with E-state index in [0.717, 1.165) is 36.2 Å². The van der Waals surface area contributed by atoms with Crippen molar-refractivity contribution in [2.24, 2.45) is 0 Å². The van der Waals surface area contributed by atoms with Crippen LogP contribution in [0.15, 0.2) is 59.5 Å². The second-order valence-electron chi connectivity index (χ2n) is 10.5. The lowest BCUT2D eigenvalue weighted by atomic mass is 9.87. The van der Waals surface area contributed by atoms with E-state index in [1.807, 2.05) is 19.1 Å². The van der Waals surface area contributed by atoms with E-state index in [0.29, 0.717) is 30.4 Å². The van der Waals surface area contributed by atoms with Gasteiger partial charge in [-0.2, -0.15) is 5.10 Å². The van der Waals surface area contributed by atoms with E-state index in [9.17, 15) is 9.90 Å². The quantitative estimate of drug-likeness (QED) is 0.333. The van der Waals surface area contributed by atoms with Crippen LogP contribution in [0.5, 0.6) is 5.75 Å². The average Bonchev–Trinajstić information content (AvgIpc) is 3.22. The maximum Gasteiger partial charge on any atom is 0.346 e. The van der Waals surface area contributed by atoms with Crippen molar-refractivity contribution in [1.82, 2.24) is 24.3 Å². The van der Waals surface area contributed by atoms with Gasteiger partial charge in [0.25, 0.3) is 0 Å². The molecule has 0 spiro atoms. The van der Waals surface area contributed by atoms with E-state index >= 15 is 0 Å². The number of aromatic nitrogens is 5. The Balaban J connectivity index is 1.39. The molecular formula is C30H37N5O3. The highest BCUT2D eigenvalue weighted by atomic mass is 16.5. The Bertz CT molecular complexity index is 1410. The van der Waals surface area contributed by atoms with E-state index in [2.05, 4.69) is 72.2 Å². The third-order valence-corrected chi connectivity index (χ3v) is 6.74. The maximum atomic E-state index is 13.0. The lowest BCUT2D eigenvalue weighted by Gasteiger charge is -2.19. The molecule has 0 amide bonds. The Morgan fingerprint density at radius 2 is 1.66 bits per heavy atom. The first-order chi connectivity index (χ1) is 18.2. The first-order valence-electron chi connectivity index (χ1n) is 13.1. The van der Waals surface area contributed by atoms with Crippen molar-refractivity contribution in [1.29, 1.82) is 0 Å². The Kier molecular flexibility index (Phi) is 8.42. The highest BCUT2D eigenvalue weighted by molar-refractivity contribution is 5.56. The summed E-state index contributed by atoms with van der Waals surface area (Å²) in [4.78, 5) is 21.7.